The lowest BCUT2D eigenvalue weighted by Crippen LogP contribution is -1.97. The Kier molecular flexibility index (Phi) is 4.87. The summed E-state index contributed by atoms with van der Waals surface area (Å²) in [6.45, 7) is 2.19. The average Bonchev–Trinajstić information content (AvgIpc) is 3.08. The lowest BCUT2D eigenvalue weighted by Gasteiger charge is -1.98. The van der Waals surface area contributed by atoms with E-state index in [0.717, 1.165) is 40.1 Å². The van der Waals surface area contributed by atoms with Crippen LogP contribution in [0.3, 0.4) is 0 Å². The molecule has 0 aliphatic rings. The van der Waals surface area contributed by atoms with Gasteiger partial charge in [-0.3, -0.25) is 0 Å². The van der Waals surface area contributed by atoms with Gasteiger partial charge in [0, 0.05) is 6.42 Å². The molecule has 0 fully saturated rings. The maximum absolute atomic E-state index is 4.66. The molecule has 0 bridgehead atoms. The topological polar surface area (TPSA) is 43.1 Å². The SMILES string of the molecule is CCCSCc1nnc2sc(CCc3ccccc3)nn12. The Morgan fingerprint density at radius 1 is 1.14 bits per heavy atom. The van der Waals surface area contributed by atoms with Crippen LogP contribution in [0, 0.1) is 0 Å². The zero-order chi connectivity index (χ0) is 14.5. The third-order valence-corrected chi connectivity index (χ3v) is 5.27. The summed E-state index contributed by atoms with van der Waals surface area (Å²) in [5.74, 6) is 3.00. The van der Waals surface area contributed by atoms with Gasteiger partial charge in [-0.05, 0) is 24.2 Å². The van der Waals surface area contributed by atoms with Gasteiger partial charge in [-0.25, -0.2) is 0 Å². The fourth-order valence-electron chi connectivity index (χ4n) is 2.09. The summed E-state index contributed by atoms with van der Waals surface area (Å²) >= 11 is 3.53. The van der Waals surface area contributed by atoms with Crippen LogP contribution in [-0.2, 0) is 18.6 Å². The number of aryl methyl sites for hydroxylation is 2. The summed E-state index contributed by atoms with van der Waals surface area (Å²) in [5.41, 5.74) is 1.35. The van der Waals surface area contributed by atoms with Crippen LogP contribution in [0.4, 0.5) is 0 Å². The van der Waals surface area contributed by atoms with Crippen molar-refractivity contribution < 1.29 is 0 Å². The largest absolute Gasteiger partial charge is 0.234 e. The zero-order valence-corrected chi connectivity index (χ0v) is 13.7. The summed E-state index contributed by atoms with van der Waals surface area (Å²) in [6.07, 6.45) is 3.16. The Morgan fingerprint density at radius 3 is 2.81 bits per heavy atom. The van der Waals surface area contributed by atoms with Crippen molar-refractivity contribution in [3.05, 3.63) is 46.7 Å². The standard InChI is InChI=1S/C15H18N4S2/c1-2-10-20-11-13-16-17-15-19(13)18-14(21-15)9-8-12-6-4-3-5-7-12/h3-7H,2,8-11H2,1H3. The predicted octanol–water partition coefficient (Wildman–Crippen LogP) is 3.61. The maximum Gasteiger partial charge on any atom is 0.234 e. The number of rotatable bonds is 7. The van der Waals surface area contributed by atoms with E-state index < -0.39 is 0 Å². The molecule has 0 N–H and O–H groups in total. The predicted molar refractivity (Wildman–Crippen MR) is 89.0 cm³/mol. The minimum Gasteiger partial charge on any atom is -0.186 e. The van der Waals surface area contributed by atoms with Crippen molar-refractivity contribution in [1.82, 2.24) is 19.8 Å². The lowest BCUT2D eigenvalue weighted by atomic mass is 10.1. The Balaban J connectivity index is 1.66. The molecule has 0 aliphatic heterocycles. The number of benzene rings is 1. The summed E-state index contributed by atoms with van der Waals surface area (Å²) in [4.78, 5) is 0.908. The number of hydrogen-bond donors (Lipinski definition) is 0. The van der Waals surface area contributed by atoms with Gasteiger partial charge in [-0.2, -0.15) is 21.4 Å². The van der Waals surface area contributed by atoms with Gasteiger partial charge >= 0.3 is 0 Å². The van der Waals surface area contributed by atoms with E-state index in [1.807, 2.05) is 22.3 Å². The molecule has 4 nitrogen and oxygen atoms in total. The van der Waals surface area contributed by atoms with E-state index in [1.54, 1.807) is 11.3 Å². The molecular weight excluding hydrogens is 300 g/mol. The quantitative estimate of drug-likeness (QED) is 0.624. The Morgan fingerprint density at radius 2 is 2.00 bits per heavy atom. The van der Waals surface area contributed by atoms with E-state index in [-0.39, 0.29) is 0 Å². The molecule has 2 aromatic heterocycles. The highest BCUT2D eigenvalue weighted by atomic mass is 32.2. The van der Waals surface area contributed by atoms with E-state index >= 15 is 0 Å². The van der Waals surface area contributed by atoms with Crippen molar-refractivity contribution in [2.75, 3.05) is 5.75 Å². The molecule has 0 radical (unpaired) electrons. The van der Waals surface area contributed by atoms with Gasteiger partial charge in [0.2, 0.25) is 4.96 Å². The first-order valence-electron chi connectivity index (χ1n) is 7.18. The van der Waals surface area contributed by atoms with Crippen LogP contribution >= 0.6 is 23.1 Å². The van der Waals surface area contributed by atoms with Gasteiger partial charge in [0.05, 0.1) is 5.75 Å². The molecule has 0 spiro atoms. The molecule has 2 heterocycles. The molecule has 0 saturated carbocycles. The van der Waals surface area contributed by atoms with Crippen molar-refractivity contribution in [3.8, 4) is 0 Å². The molecule has 3 rings (SSSR count). The average molecular weight is 318 g/mol. The van der Waals surface area contributed by atoms with Crippen LogP contribution in [0.25, 0.3) is 4.96 Å². The molecule has 1 aromatic carbocycles. The fraction of sp³-hybridized carbons (Fsp3) is 0.400. The van der Waals surface area contributed by atoms with Crippen LogP contribution in [-0.4, -0.2) is 25.6 Å². The Labute approximate surface area is 132 Å². The second kappa shape index (κ2) is 7.04. The van der Waals surface area contributed by atoms with Gasteiger partial charge in [0.1, 0.15) is 5.01 Å². The maximum atomic E-state index is 4.66. The molecule has 0 atom stereocenters. The van der Waals surface area contributed by atoms with Crippen LogP contribution in [0.2, 0.25) is 0 Å². The zero-order valence-electron chi connectivity index (χ0n) is 12.0. The van der Waals surface area contributed by atoms with E-state index in [1.165, 1.54) is 12.0 Å². The van der Waals surface area contributed by atoms with Gasteiger partial charge in [0.25, 0.3) is 0 Å². The Hall–Kier alpha value is -1.40. The number of thioether (sulfide) groups is 1. The normalized spacial score (nSPS) is 11.3. The summed E-state index contributed by atoms with van der Waals surface area (Å²) < 4.78 is 1.91. The second-order valence-electron chi connectivity index (χ2n) is 4.84. The van der Waals surface area contributed by atoms with E-state index in [2.05, 4.69) is 46.5 Å². The van der Waals surface area contributed by atoms with E-state index in [0.29, 0.717) is 0 Å². The monoisotopic (exact) mass is 318 g/mol. The molecule has 3 aromatic rings. The van der Waals surface area contributed by atoms with Crippen molar-refractivity contribution in [2.24, 2.45) is 0 Å². The molecule has 6 heteroatoms. The highest BCUT2D eigenvalue weighted by molar-refractivity contribution is 7.98. The molecule has 21 heavy (non-hydrogen) atoms. The van der Waals surface area contributed by atoms with Crippen molar-refractivity contribution in [1.29, 1.82) is 0 Å². The third kappa shape index (κ3) is 3.63. The number of hydrogen-bond acceptors (Lipinski definition) is 5. The van der Waals surface area contributed by atoms with Gasteiger partial charge in [0.15, 0.2) is 5.82 Å². The van der Waals surface area contributed by atoms with E-state index in [4.69, 9.17) is 0 Å². The van der Waals surface area contributed by atoms with Crippen LogP contribution in [0.15, 0.2) is 30.3 Å². The van der Waals surface area contributed by atoms with Gasteiger partial charge < -0.3 is 0 Å². The highest BCUT2D eigenvalue weighted by Gasteiger charge is 2.11. The summed E-state index contributed by atoms with van der Waals surface area (Å²) in [5, 5.41) is 14.2. The minimum atomic E-state index is 0.886. The number of aromatic nitrogens is 4. The molecule has 110 valence electrons. The summed E-state index contributed by atoms with van der Waals surface area (Å²) in [7, 11) is 0. The molecular formula is C15H18N4S2. The molecule has 0 amide bonds. The third-order valence-electron chi connectivity index (χ3n) is 3.15. The van der Waals surface area contributed by atoms with Crippen LogP contribution < -0.4 is 0 Å². The molecule has 0 saturated heterocycles. The van der Waals surface area contributed by atoms with E-state index in [9.17, 15) is 0 Å². The molecule has 0 unspecified atom stereocenters. The van der Waals surface area contributed by atoms with Gasteiger partial charge in [-0.15, -0.1) is 10.2 Å². The lowest BCUT2D eigenvalue weighted by molar-refractivity contribution is 0.828. The van der Waals surface area contributed by atoms with Crippen molar-refractivity contribution in [2.45, 2.75) is 31.9 Å². The highest BCUT2D eigenvalue weighted by Crippen LogP contribution is 2.18. The smallest absolute Gasteiger partial charge is 0.186 e. The second-order valence-corrected chi connectivity index (χ2v) is 6.99. The van der Waals surface area contributed by atoms with Crippen LogP contribution in [0.1, 0.15) is 29.7 Å². The number of fused-ring (bicyclic) bond motifs is 1. The fourth-order valence-corrected chi connectivity index (χ4v) is 3.74. The van der Waals surface area contributed by atoms with Gasteiger partial charge in [-0.1, -0.05) is 48.6 Å². The Bertz CT molecular complexity index is 690. The first-order valence-corrected chi connectivity index (χ1v) is 9.15. The van der Waals surface area contributed by atoms with Crippen molar-refractivity contribution >= 4 is 28.1 Å². The summed E-state index contributed by atoms with van der Waals surface area (Å²) in [6, 6.07) is 10.5. The van der Waals surface area contributed by atoms with Crippen molar-refractivity contribution in [3.63, 3.8) is 0 Å². The number of nitrogens with zero attached hydrogens (tertiary/aromatic N) is 4. The minimum absolute atomic E-state index is 0.886. The molecule has 0 aliphatic carbocycles. The first-order chi connectivity index (χ1) is 10.4. The van der Waals surface area contributed by atoms with Crippen LogP contribution in [0.5, 0.6) is 0 Å². The first kappa shape index (κ1) is 14.5.